The minimum absolute atomic E-state index is 0.0943. The molecule has 1 unspecified atom stereocenters. The minimum Gasteiger partial charge on any atom is -0.381 e. The molecule has 2 aliphatic heterocycles. The fraction of sp³-hybridized carbons (Fsp3) is 0.238. The normalized spacial score (nSPS) is 18.7. The second-order valence-corrected chi connectivity index (χ2v) is 7.04. The van der Waals surface area contributed by atoms with E-state index in [1.54, 1.807) is 18.2 Å². The number of amides is 4. The van der Waals surface area contributed by atoms with Crippen LogP contribution in [-0.2, 0) is 22.7 Å². The third-order valence-corrected chi connectivity index (χ3v) is 5.23. The van der Waals surface area contributed by atoms with E-state index in [1.807, 2.05) is 24.3 Å². The molecule has 8 heteroatoms. The molecule has 0 bridgehead atoms. The third kappa shape index (κ3) is 3.38. The standard InChI is InChI=1S/C21H20N4O4/c22-10-12-4-6-14(7-5-12)23-11-13-2-1-3-15-18(13)21(29)25(20(15)28)16-8-9-17(26)24-19(16)27/h1-7,16,23H,8-11,22H2,(H,24,26,27). The van der Waals surface area contributed by atoms with Gasteiger partial charge in [-0.15, -0.1) is 0 Å². The average molecular weight is 392 g/mol. The Morgan fingerprint density at radius 3 is 2.48 bits per heavy atom. The molecule has 4 N–H and O–H groups in total. The summed E-state index contributed by atoms with van der Waals surface area (Å²) in [5.41, 5.74) is 8.72. The number of rotatable bonds is 5. The van der Waals surface area contributed by atoms with E-state index < -0.39 is 29.7 Å². The second-order valence-electron chi connectivity index (χ2n) is 7.04. The maximum absolute atomic E-state index is 13.0. The van der Waals surface area contributed by atoms with Gasteiger partial charge in [-0.2, -0.15) is 0 Å². The van der Waals surface area contributed by atoms with Gasteiger partial charge < -0.3 is 11.1 Å². The Morgan fingerprint density at radius 1 is 1.03 bits per heavy atom. The smallest absolute Gasteiger partial charge is 0.262 e. The summed E-state index contributed by atoms with van der Waals surface area (Å²) in [5.74, 6) is -2.02. The van der Waals surface area contributed by atoms with Crippen LogP contribution in [0.1, 0.15) is 44.7 Å². The van der Waals surface area contributed by atoms with Gasteiger partial charge in [0.2, 0.25) is 11.8 Å². The zero-order valence-electron chi connectivity index (χ0n) is 15.6. The van der Waals surface area contributed by atoms with E-state index in [0.29, 0.717) is 24.2 Å². The first-order valence-electron chi connectivity index (χ1n) is 9.36. The number of anilines is 1. The van der Waals surface area contributed by atoms with Crippen molar-refractivity contribution in [3.05, 3.63) is 64.7 Å². The molecule has 2 heterocycles. The van der Waals surface area contributed by atoms with Crippen LogP contribution >= 0.6 is 0 Å². The summed E-state index contributed by atoms with van der Waals surface area (Å²) in [5, 5.41) is 5.44. The van der Waals surface area contributed by atoms with Crippen molar-refractivity contribution in [2.45, 2.75) is 32.0 Å². The maximum Gasteiger partial charge on any atom is 0.262 e. The van der Waals surface area contributed by atoms with Gasteiger partial charge in [-0.3, -0.25) is 29.4 Å². The number of hydrogen-bond donors (Lipinski definition) is 3. The number of nitrogens with two attached hydrogens (primary N) is 1. The highest BCUT2D eigenvalue weighted by Crippen LogP contribution is 2.30. The Morgan fingerprint density at radius 2 is 1.79 bits per heavy atom. The molecular formula is C21H20N4O4. The Labute approximate surface area is 167 Å². The molecule has 29 heavy (non-hydrogen) atoms. The van der Waals surface area contributed by atoms with Crippen molar-refractivity contribution < 1.29 is 19.2 Å². The zero-order chi connectivity index (χ0) is 20.5. The van der Waals surface area contributed by atoms with Crippen LogP contribution in [0.2, 0.25) is 0 Å². The van der Waals surface area contributed by atoms with Crippen LogP contribution in [0.15, 0.2) is 42.5 Å². The summed E-state index contributed by atoms with van der Waals surface area (Å²) < 4.78 is 0. The maximum atomic E-state index is 13.0. The van der Waals surface area contributed by atoms with Gasteiger partial charge >= 0.3 is 0 Å². The molecule has 1 atom stereocenters. The first kappa shape index (κ1) is 18.8. The molecule has 0 aliphatic carbocycles. The lowest BCUT2D eigenvalue weighted by atomic mass is 10.0. The molecule has 2 aliphatic rings. The molecule has 1 saturated heterocycles. The number of hydrogen-bond acceptors (Lipinski definition) is 6. The number of piperidine rings is 1. The van der Waals surface area contributed by atoms with Gasteiger partial charge in [0.1, 0.15) is 6.04 Å². The molecule has 2 aromatic rings. The summed E-state index contributed by atoms with van der Waals surface area (Å²) in [7, 11) is 0. The molecule has 148 valence electrons. The molecule has 8 nitrogen and oxygen atoms in total. The fourth-order valence-electron chi connectivity index (χ4n) is 3.69. The molecule has 4 rings (SSSR count). The predicted molar refractivity (Wildman–Crippen MR) is 105 cm³/mol. The second kappa shape index (κ2) is 7.48. The number of nitrogens with zero attached hydrogens (tertiary/aromatic N) is 1. The Kier molecular flexibility index (Phi) is 4.85. The van der Waals surface area contributed by atoms with Crippen molar-refractivity contribution in [1.82, 2.24) is 10.2 Å². The molecule has 0 aromatic heterocycles. The summed E-state index contributed by atoms with van der Waals surface area (Å²) >= 11 is 0. The van der Waals surface area contributed by atoms with E-state index in [2.05, 4.69) is 10.6 Å². The number of benzene rings is 2. The van der Waals surface area contributed by atoms with Gasteiger partial charge in [0.15, 0.2) is 0 Å². The van der Waals surface area contributed by atoms with Crippen LogP contribution in [0.3, 0.4) is 0 Å². The minimum atomic E-state index is -0.968. The lowest BCUT2D eigenvalue weighted by Crippen LogP contribution is -2.54. The van der Waals surface area contributed by atoms with Crippen molar-refractivity contribution >= 4 is 29.3 Å². The Hall–Kier alpha value is -3.52. The van der Waals surface area contributed by atoms with Crippen molar-refractivity contribution in [2.75, 3.05) is 5.32 Å². The number of carbonyl (C=O) groups excluding carboxylic acids is 4. The molecule has 4 amide bonds. The van der Waals surface area contributed by atoms with Gasteiger partial charge in [-0.1, -0.05) is 24.3 Å². The van der Waals surface area contributed by atoms with E-state index in [0.717, 1.165) is 16.2 Å². The lowest BCUT2D eigenvalue weighted by molar-refractivity contribution is -0.136. The van der Waals surface area contributed by atoms with Crippen molar-refractivity contribution in [3.63, 3.8) is 0 Å². The molecular weight excluding hydrogens is 372 g/mol. The van der Waals surface area contributed by atoms with Gasteiger partial charge in [-0.05, 0) is 35.7 Å². The number of carbonyl (C=O) groups is 4. The third-order valence-electron chi connectivity index (χ3n) is 5.23. The number of nitrogens with one attached hydrogen (secondary N) is 2. The summed E-state index contributed by atoms with van der Waals surface area (Å²) in [6.07, 6.45) is 0.230. The topological polar surface area (TPSA) is 122 Å². The average Bonchev–Trinajstić information content (AvgIpc) is 2.98. The predicted octanol–water partition coefficient (Wildman–Crippen LogP) is 1.16. The highest BCUT2D eigenvalue weighted by atomic mass is 16.2. The van der Waals surface area contributed by atoms with Gasteiger partial charge in [0.05, 0.1) is 11.1 Å². The molecule has 0 spiro atoms. The van der Waals surface area contributed by atoms with Crippen molar-refractivity contribution in [1.29, 1.82) is 0 Å². The summed E-state index contributed by atoms with van der Waals surface area (Å²) in [6.45, 7) is 0.798. The van der Waals surface area contributed by atoms with Crippen LogP contribution in [0.5, 0.6) is 0 Å². The highest BCUT2D eigenvalue weighted by Gasteiger charge is 2.45. The van der Waals surface area contributed by atoms with E-state index in [1.165, 1.54) is 0 Å². The monoisotopic (exact) mass is 392 g/mol. The van der Waals surface area contributed by atoms with Gasteiger partial charge in [-0.25, -0.2) is 0 Å². The van der Waals surface area contributed by atoms with Crippen LogP contribution in [-0.4, -0.2) is 34.6 Å². The largest absolute Gasteiger partial charge is 0.381 e. The quantitative estimate of drug-likeness (QED) is 0.657. The van der Waals surface area contributed by atoms with Crippen LogP contribution < -0.4 is 16.4 Å². The summed E-state index contributed by atoms with van der Waals surface area (Å²) in [4.78, 5) is 50.4. The Bertz CT molecular complexity index is 1020. The molecule has 1 fully saturated rings. The van der Waals surface area contributed by atoms with E-state index in [9.17, 15) is 19.2 Å². The highest BCUT2D eigenvalue weighted by molar-refractivity contribution is 6.24. The molecule has 0 saturated carbocycles. The first-order valence-corrected chi connectivity index (χ1v) is 9.36. The van der Waals surface area contributed by atoms with Gasteiger partial charge in [0.25, 0.3) is 11.8 Å². The Balaban J connectivity index is 1.57. The number of imide groups is 2. The van der Waals surface area contributed by atoms with Crippen LogP contribution in [0, 0.1) is 0 Å². The lowest BCUT2D eigenvalue weighted by Gasteiger charge is -2.27. The fourth-order valence-corrected chi connectivity index (χ4v) is 3.69. The van der Waals surface area contributed by atoms with E-state index in [-0.39, 0.29) is 18.4 Å². The SMILES string of the molecule is NCc1ccc(NCc2cccc3c2C(=O)N(C2CCC(=O)NC2=O)C3=O)cc1. The first-order chi connectivity index (χ1) is 14.0. The van der Waals surface area contributed by atoms with Crippen LogP contribution in [0.4, 0.5) is 5.69 Å². The van der Waals surface area contributed by atoms with Crippen LogP contribution in [0.25, 0.3) is 0 Å². The van der Waals surface area contributed by atoms with Crippen molar-refractivity contribution in [3.8, 4) is 0 Å². The van der Waals surface area contributed by atoms with Gasteiger partial charge in [0, 0.05) is 25.2 Å². The van der Waals surface area contributed by atoms with E-state index in [4.69, 9.17) is 5.73 Å². The molecule has 2 aromatic carbocycles. The van der Waals surface area contributed by atoms with Crippen molar-refractivity contribution in [2.24, 2.45) is 5.73 Å². The number of fused-ring (bicyclic) bond motifs is 1. The summed E-state index contributed by atoms with van der Waals surface area (Å²) in [6, 6.07) is 11.7. The molecule has 0 radical (unpaired) electrons. The van der Waals surface area contributed by atoms with E-state index >= 15 is 0 Å². The zero-order valence-corrected chi connectivity index (χ0v) is 15.6.